The third kappa shape index (κ3) is 4.81. The highest BCUT2D eigenvalue weighted by Crippen LogP contribution is 2.19. The zero-order valence-corrected chi connectivity index (χ0v) is 12.3. The molecule has 19 heavy (non-hydrogen) atoms. The summed E-state index contributed by atoms with van der Waals surface area (Å²) in [6.07, 6.45) is 0.164. The zero-order valence-electron chi connectivity index (χ0n) is 12.3. The second kappa shape index (κ2) is 7.02. The summed E-state index contributed by atoms with van der Waals surface area (Å²) in [4.78, 5) is 11.4. The molecule has 2 atom stereocenters. The number of benzene rings is 1. The Morgan fingerprint density at radius 3 is 2.16 bits per heavy atom. The number of methoxy groups -OCH3 is 1. The van der Waals surface area contributed by atoms with Crippen LogP contribution in [0.3, 0.4) is 0 Å². The van der Waals surface area contributed by atoms with Gasteiger partial charge in [0.1, 0.15) is 5.75 Å². The van der Waals surface area contributed by atoms with Crippen molar-refractivity contribution >= 4 is 11.7 Å². The fraction of sp³-hybridized carbons (Fsp3) is 0.533. The monoisotopic (exact) mass is 265 g/mol. The van der Waals surface area contributed by atoms with Crippen LogP contribution in [-0.2, 0) is 9.53 Å². The van der Waals surface area contributed by atoms with Crippen LogP contribution in [0, 0.1) is 5.92 Å². The van der Waals surface area contributed by atoms with E-state index in [-0.39, 0.29) is 24.0 Å². The molecule has 0 radical (unpaired) electrons. The number of carbonyl (C=O) groups excluding carboxylic acids is 1. The first-order valence-corrected chi connectivity index (χ1v) is 6.55. The first-order chi connectivity index (χ1) is 8.93. The maximum absolute atomic E-state index is 11.4. The van der Waals surface area contributed by atoms with Crippen molar-refractivity contribution in [2.75, 3.05) is 12.4 Å². The summed E-state index contributed by atoms with van der Waals surface area (Å²) in [6.45, 7) is 7.79. The van der Waals surface area contributed by atoms with E-state index in [0.717, 1.165) is 11.4 Å². The molecular formula is C15H23NO3. The predicted molar refractivity (Wildman–Crippen MR) is 76.5 cm³/mol. The van der Waals surface area contributed by atoms with Crippen LogP contribution >= 0.6 is 0 Å². The summed E-state index contributed by atoms with van der Waals surface area (Å²) >= 11 is 0. The molecule has 4 nitrogen and oxygen atoms in total. The van der Waals surface area contributed by atoms with Gasteiger partial charge >= 0.3 is 5.97 Å². The third-order valence-electron chi connectivity index (χ3n) is 2.94. The van der Waals surface area contributed by atoms with E-state index in [1.165, 1.54) is 7.11 Å². The Hall–Kier alpha value is -1.71. The van der Waals surface area contributed by atoms with Gasteiger partial charge in [-0.05, 0) is 52.0 Å². The van der Waals surface area contributed by atoms with Crippen LogP contribution in [0.25, 0.3) is 0 Å². The fourth-order valence-electron chi connectivity index (χ4n) is 1.68. The lowest BCUT2D eigenvalue weighted by molar-refractivity contribution is -0.145. The molecule has 0 fully saturated rings. The first kappa shape index (κ1) is 15.3. The minimum Gasteiger partial charge on any atom is -0.491 e. The highest BCUT2D eigenvalue weighted by atomic mass is 16.5. The van der Waals surface area contributed by atoms with Crippen molar-refractivity contribution < 1.29 is 14.3 Å². The normalized spacial score (nSPS) is 13.8. The lowest BCUT2D eigenvalue weighted by atomic mass is 10.0. The van der Waals surface area contributed by atoms with E-state index < -0.39 is 0 Å². The molecule has 1 N–H and O–H groups in total. The summed E-state index contributed by atoms with van der Waals surface area (Å²) in [5.41, 5.74) is 0.958. The van der Waals surface area contributed by atoms with Gasteiger partial charge in [-0.2, -0.15) is 0 Å². The van der Waals surface area contributed by atoms with Crippen molar-refractivity contribution in [3.8, 4) is 5.75 Å². The van der Waals surface area contributed by atoms with Gasteiger partial charge in [0.05, 0.1) is 19.1 Å². The molecule has 106 valence electrons. The highest BCUT2D eigenvalue weighted by Gasteiger charge is 2.20. The van der Waals surface area contributed by atoms with E-state index >= 15 is 0 Å². The molecule has 0 aromatic heterocycles. The molecule has 0 amide bonds. The minimum atomic E-state index is -0.209. The van der Waals surface area contributed by atoms with Crippen molar-refractivity contribution in [1.29, 1.82) is 0 Å². The molecule has 0 aliphatic heterocycles. The number of carbonyl (C=O) groups is 1. The lowest BCUT2D eigenvalue weighted by Gasteiger charge is -2.20. The number of ether oxygens (including phenoxy) is 2. The Kier molecular flexibility index (Phi) is 5.67. The molecule has 1 aromatic rings. The standard InChI is InChI=1S/C15H23NO3/c1-10(2)19-14-8-6-13(7-9-14)16-12(4)11(3)15(17)18-5/h6-12,16H,1-5H3. The molecule has 0 aliphatic carbocycles. The zero-order chi connectivity index (χ0) is 14.4. The predicted octanol–water partition coefficient (Wildman–Crippen LogP) is 3.08. The third-order valence-corrected chi connectivity index (χ3v) is 2.94. The summed E-state index contributed by atoms with van der Waals surface area (Å²) in [7, 11) is 1.41. The molecule has 0 saturated heterocycles. The molecule has 1 rings (SSSR count). The van der Waals surface area contributed by atoms with E-state index in [1.807, 2.05) is 52.0 Å². The summed E-state index contributed by atoms with van der Waals surface area (Å²) < 4.78 is 10.3. The van der Waals surface area contributed by atoms with Gasteiger partial charge in [0.15, 0.2) is 0 Å². The molecule has 2 unspecified atom stereocenters. The number of nitrogens with one attached hydrogen (secondary N) is 1. The SMILES string of the molecule is COC(=O)C(C)C(C)Nc1ccc(OC(C)C)cc1. The van der Waals surface area contributed by atoms with Crippen molar-refractivity contribution in [2.24, 2.45) is 5.92 Å². The van der Waals surface area contributed by atoms with Gasteiger partial charge in [0, 0.05) is 11.7 Å². The smallest absolute Gasteiger partial charge is 0.310 e. The van der Waals surface area contributed by atoms with E-state index in [0.29, 0.717) is 0 Å². The molecule has 0 saturated carbocycles. The number of hydrogen-bond donors (Lipinski definition) is 1. The van der Waals surface area contributed by atoms with Crippen LogP contribution in [0.2, 0.25) is 0 Å². The van der Waals surface area contributed by atoms with Crippen LogP contribution < -0.4 is 10.1 Å². The molecule has 0 heterocycles. The molecule has 0 bridgehead atoms. The largest absolute Gasteiger partial charge is 0.491 e. The van der Waals surface area contributed by atoms with Gasteiger partial charge in [-0.15, -0.1) is 0 Å². The van der Waals surface area contributed by atoms with E-state index in [2.05, 4.69) is 5.32 Å². The molecule has 0 spiro atoms. The van der Waals surface area contributed by atoms with Crippen molar-refractivity contribution in [1.82, 2.24) is 0 Å². The number of rotatable bonds is 6. The van der Waals surface area contributed by atoms with Gasteiger partial charge in [-0.3, -0.25) is 4.79 Å². The van der Waals surface area contributed by atoms with Crippen molar-refractivity contribution in [3.05, 3.63) is 24.3 Å². The van der Waals surface area contributed by atoms with Crippen LogP contribution in [0.1, 0.15) is 27.7 Å². The van der Waals surface area contributed by atoms with Gasteiger partial charge in [0.25, 0.3) is 0 Å². The summed E-state index contributed by atoms with van der Waals surface area (Å²) in [5.74, 6) is 0.436. The number of hydrogen-bond acceptors (Lipinski definition) is 4. The lowest BCUT2D eigenvalue weighted by Crippen LogP contribution is -2.30. The van der Waals surface area contributed by atoms with Crippen molar-refractivity contribution in [2.45, 2.75) is 39.8 Å². The van der Waals surface area contributed by atoms with Gasteiger partial charge in [-0.25, -0.2) is 0 Å². The number of esters is 1. The second-order valence-electron chi connectivity index (χ2n) is 4.94. The highest BCUT2D eigenvalue weighted by molar-refractivity contribution is 5.73. The second-order valence-corrected chi connectivity index (χ2v) is 4.94. The first-order valence-electron chi connectivity index (χ1n) is 6.55. The van der Waals surface area contributed by atoms with Crippen molar-refractivity contribution in [3.63, 3.8) is 0 Å². The van der Waals surface area contributed by atoms with E-state index in [4.69, 9.17) is 9.47 Å². The van der Waals surface area contributed by atoms with Gasteiger partial charge in [0.2, 0.25) is 0 Å². The van der Waals surface area contributed by atoms with E-state index in [9.17, 15) is 4.79 Å². The van der Waals surface area contributed by atoms with Crippen LogP contribution in [0.4, 0.5) is 5.69 Å². The van der Waals surface area contributed by atoms with Crippen LogP contribution in [0.15, 0.2) is 24.3 Å². The Bertz CT molecular complexity index is 400. The number of anilines is 1. The van der Waals surface area contributed by atoms with E-state index in [1.54, 1.807) is 0 Å². The van der Waals surface area contributed by atoms with Crippen LogP contribution in [0.5, 0.6) is 5.75 Å². The molecule has 4 heteroatoms. The van der Waals surface area contributed by atoms with Gasteiger partial charge < -0.3 is 14.8 Å². The van der Waals surface area contributed by atoms with Crippen LogP contribution in [-0.4, -0.2) is 25.2 Å². The van der Waals surface area contributed by atoms with Gasteiger partial charge in [-0.1, -0.05) is 0 Å². The maximum Gasteiger partial charge on any atom is 0.310 e. The Labute approximate surface area is 115 Å². The average Bonchev–Trinajstić information content (AvgIpc) is 2.38. The maximum atomic E-state index is 11.4. The quantitative estimate of drug-likeness (QED) is 0.803. The Morgan fingerprint density at radius 1 is 1.11 bits per heavy atom. The Morgan fingerprint density at radius 2 is 1.68 bits per heavy atom. The summed E-state index contributed by atoms with van der Waals surface area (Å²) in [5, 5.41) is 3.28. The Balaban J connectivity index is 2.60. The molecule has 1 aromatic carbocycles. The summed E-state index contributed by atoms with van der Waals surface area (Å²) in [6, 6.07) is 7.72. The fourth-order valence-corrected chi connectivity index (χ4v) is 1.68. The topological polar surface area (TPSA) is 47.6 Å². The average molecular weight is 265 g/mol. The minimum absolute atomic E-state index is 0.00400. The molecular weight excluding hydrogens is 242 g/mol. The molecule has 0 aliphatic rings.